The quantitative estimate of drug-likeness (QED) is 0.0263. The molecule has 0 aromatic carbocycles. The lowest BCUT2D eigenvalue weighted by Crippen LogP contribution is -2.30. The molecule has 0 saturated carbocycles. The van der Waals surface area contributed by atoms with Crippen LogP contribution in [0.15, 0.2) is 60.8 Å². The Morgan fingerprint density at radius 2 is 0.610 bits per heavy atom. The summed E-state index contributed by atoms with van der Waals surface area (Å²) in [5.41, 5.74) is 0. The second-order valence-electron chi connectivity index (χ2n) is 16.4. The summed E-state index contributed by atoms with van der Waals surface area (Å²) < 4.78 is 16.7. The lowest BCUT2D eigenvalue weighted by Gasteiger charge is -2.18. The average Bonchev–Trinajstić information content (AvgIpc) is 3.23. The summed E-state index contributed by atoms with van der Waals surface area (Å²) in [6.07, 6.45) is 57.7. The third-order valence-electron chi connectivity index (χ3n) is 10.5. The molecule has 1 atom stereocenters. The molecule has 59 heavy (non-hydrogen) atoms. The van der Waals surface area contributed by atoms with Crippen molar-refractivity contribution in [3.8, 4) is 0 Å². The van der Waals surface area contributed by atoms with E-state index in [1.54, 1.807) is 0 Å². The SMILES string of the molecule is CCCCC/C=C\C/C=C\C/C=C\CCCCC(=O)OC[C@@H](COC(=O)CCCCCCC/C=C\CCCCC)OC(=O)CCCCCCC/C=C\CCCCCCC. The van der Waals surface area contributed by atoms with Crippen LogP contribution < -0.4 is 0 Å². The molecule has 0 amide bonds. The van der Waals surface area contributed by atoms with Gasteiger partial charge in [0.15, 0.2) is 6.10 Å². The van der Waals surface area contributed by atoms with E-state index in [1.807, 2.05) is 0 Å². The van der Waals surface area contributed by atoms with Gasteiger partial charge in [-0.1, -0.05) is 171 Å². The predicted octanol–water partition coefficient (Wildman–Crippen LogP) is 16.1. The summed E-state index contributed by atoms with van der Waals surface area (Å²) in [5, 5.41) is 0. The molecule has 6 heteroatoms. The van der Waals surface area contributed by atoms with E-state index in [-0.39, 0.29) is 31.1 Å². The van der Waals surface area contributed by atoms with Crippen molar-refractivity contribution in [2.45, 2.75) is 245 Å². The third-order valence-corrected chi connectivity index (χ3v) is 10.5. The van der Waals surface area contributed by atoms with Gasteiger partial charge in [-0.3, -0.25) is 14.4 Å². The number of allylic oxidation sites excluding steroid dienone is 10. The van der Waals surface area contributed by atoms with Crippen molar-refractivity contribution in [2.24, 2.45) is 0 Å². The largest absolute Gasteiger partial charge is 0.462 e. The molecular formula is C53H92O6. The van der Waals surface area contributed by atoms with Crippen molar-refractivity contribution in [2.75, 3.05) is 13.2 Å². The first-order valence-corrected chi connectivity index (χ1v) is 24.8. The van der Waals surface area contributed by atoms with Gasteiger partial charge in [0.1, 0.15) is 13.2 Å². The molecule has 0 heterocycles. The normalized spacial score (nSPS) is 12.5. The molecule has 0 unspecified atom stereocenters. The first-order valence-electron chi connectivity index (χ1n) is 24.8. The van der Waals surface area contributed by atoms with Crippen molar-refractivity contribution in [3.63, 3.8) is 0 Å². The smallest absolute Gasteiger partial charge is 0.306 e. The number of rotatable bonds is 44. The lowest BCUT2D eigenvalue weighted by molar-refractivity contribution is -0.167. The van der Waals surface area contributed by atoms with Crippen LogP contribution in [-0.2, 0) is 28.6 Å². The van der Waals surface area contributed by atoms with Gasteiger partial charge in [0, 0.05) is 19.3 Å². The van der Waals surface area contributed by atoms with Crippen LogP contribution in [0.3, 0.4) is 0 Å². The van der Waals surface area contributed by atoms with Crippen LogP contribution in [0.25, 0.3) is 0 Å². The molecular weight excluding hydrogens is 733 g/mol. The van der Waals surface area contributed by atoms with Gasteiger partial charge in [-0.15, -0.1) is 0 Å². The topological polar surface area (TPSA) is 78.9 Å². The molecule has 0 aliphatic heterocycles. The zero-order valence-corrected chi connectivity index (χ0v) is 38.8. The summed E-state index contributed by atoms with van der Waals surface area (Å²) in [4.78, 5) is 37.9. The molecule has 340 valence electrons. The Labute approximate surface area is 364 Å². The maximum Gasteiger partial charge on any atom is 0.306 e. The van der Waals surface area contributed by atoms with E-state index >= 15 is 0 Å². The summed E-state index contributed by atoms with van der Waals surface area (Å²) in [6.45, 7) is 6.52. The molecule has 0 saturated heterocycles. The molecule has 0 aliphatic carbocycles. The second-order valence-corrected chi connectivity index (χ2v) is 16.4. The maximum absolute atomic E-state index is 12.8. The van der Waals surface area contributed by atoms with Crippen LogP contribution >= 0.6 is 0 Å². The number of ether oxygens (including phenoxy) is 3. The first kappa shape index (κ1) is 56.1. The standard InChI is InChI=1S/C53H92O6/c1-4-7-10-13-16-19-22-25-27-29-31-34-37-40-43-46-52(55)58-49-50(48-57-51(54)45-42-39-36-33-30-24-21-18-15-12-9-6-3)59-53(56)47-44-41-38-35-32-28-26-23-20-17-14-11-8-5-2/h16,18-19,21,23,25-27,31,34,50H,4-15,17,20,22,24,28-30,32-33,35-49H2,1-3H3/b19-16-,21-18-,26-23-,27-25-,34-31-/t50-/m1/s1. The van der Waals surface area contributed by atoms with E-state index in [4.69, 9.17) is 14.2 Å². The summed E-state index contributed by atoms with van der Waals surface area (Å²) in [6, 6.07) is 0. The summed E-state index contributed by atoms with van der Waals surface area (Å²) >= 11 is 0. The molecule has 0 aromatic rings. The molecule has 0 aromatic heterocycles. The zero-order valence-electron chi connectivity index (χ0n) is 38.8. The highest BCUT2D eigenvalue weighted by Crippen LogP contribution is 2.13. The minimum atomic E-state index is -0.795. The van der Waals surface area contributed by atoms with Crippen LogP contribution in [0.5, 0.6) is 0 Å². The number of carbonyl (C=O) groups excluding carboxylic acids is 3. The van der Waals surface area contributed by atoms with Gasteiger partial charge in [-0.2, -0.15) is 0 Å². The summed E-state index contributed by atoms with van der Waals surface area (Å²) in [7, 11) is 0. The Hall–Kier alpha value is -2.89. The van der Waals surface area contributed by atoms with Crippen molar-refractivity contribution in [3.05, 3.63) is 60.8 Å². The van der Waals surface area contributed by atoms with Crippen LogP contribution in [-0.4, -0.2) is 37.2 Å². The van der Waals surface area contributed by atoms with E-state index in [0.29, 0.717) is 19.3 Å². The van der Waals surface area contributed by atoms with Crippen molar-refractivity contribution in [1.82, 2.24) is 0 Å². The van der Waals surface area contributed by atoms with Crippen LogP contribution in [0.1, 0.15) is 239 Å². The van der Waals surface area contributed by atoms with Gasteiger partial charge < -0.3 is 14.2 Å². The molecule has 0 aliphatic rings. The Morgan fingerprint density at radius 1 is 0.339 bits per heavy atom. The highest BCUT2D eigenvalue weighted by atomic mass is 16.6. The second kappa shape index (κ2) is 47.8. The minimum Gasteiger partial charge on any atom is -0.462 e. The number of esters is 3. The Kier molecular flexibility index (Phi) is 45.4. The van der Waals surface area contributed by atoms with Gasteiger partial charge in [0.25, 0.3) is 0 Å². The number of unbranched alkanes of at least 4 members (excludes halogenated alkanes) is 23. The van der Waals surface area contributed by atoms with E-state index in [2.05, 4.69) is 81.5 Å². The van der Waals surface area contributed by atoms with Gasteiger partial charge in [0.05, 0.1) is 0 Å². The monoisotopic (exact) mass is 825 g/mol. The fourth-order valence-corrected chi connectivity index (χ4v) is 6.67. The molecule has 0 rings (SSSR count). The third kappa shape index (κ3) is 46.0. The Bertz CT molecular complexity index is 1090. The fourth-order valence-electron chi connectivity index (χ4n) is 6.67. The lowest BCUT2D eigenvalue weighted by atomic mass is 10.1. The highest BCUT2D eigenvalue weighted by molar-refractivity contribution is 5.71. The number of hydrogen-bond donors (Lipinski definition) is 0. The van der Waals surface area contributed by atoms with Crippen molar-refractivity contribution >= 4 is 17.9 Å². The molecule has 0 N–H and O–H groups in total. The molecule has 0 bridgehead atoms. The van der Waals surface area contributed by atoms with E-state index < -0.39 is 6.10 Å². The van der Waals surface area contributed by atoms with E-state index in [9.17, 15) is 14.4 Å². The number of hydrogen-bond acceptors (Lipinski definition) is 6. The average molecular weight is 825 g/mol. The van der Waals surface area contributed by atoms with Crippen LogP contribution in [0.4, 0.5) is 0 Å². The molecule has 0 fully saturated rings. The van der Waals surface area contributed by atoms with Gasteiger partial charge in [-0.25, -0.2) is 0 Å². The van der Waals surface area contributed by atoms with Crippen LogP contribution in [0.2, 0.25) is 0 Å². The first-order chi connectivity index (χ1) is 29.0. The molecule has 0 radical (unpaired) electrons. The van der Waals surface area contributed by atoms with E-state index in [1.165, 1.54) is 109 Å². The Balaban J connectivity index is 4.47. The van der Waals surface area contributed by atoms with Gasteiger partial charge in [0.2, 0.25) is 0 Å². The van der Waals surface area contributed by atoms with Gasteiger partial charge >= 0.3 is 17.9 Å². The fraction of sp³-hybridized carbons (Fsp3) is 0.755. The van der Waals surface area contributed by atoms with Crippen LogP contribution in [0, 0.1) is 0 Å². The number of carbonyl (C=O) groups is 3. The predicted molar refractivity (Wildman–Crippen MR) is 251 cm³/mol. The molecule has 0 spiro atoms. The minimum absolute atomic E-state index is 0.0941. The van der Waals surface area contributed by atoms with E-state index in [0.717, 1.165) is 89.9 Å². The Morgan fingerprint density at radius 3 is 1.03 bits per heavy atom. The molecule has 6 nitrogen and oxygen atoms in total. The maximum atomic E-state index is 12.8. The van der Waals surface area contributed by atoms with Crippen molar-refractivity contribution in [1.29, 1.82) is 0 Å². The zero-order chi connectivity index (χ0) is 43.0. The van der Waals surface area contributed by atoms with Gasteiger partial charge in [-0.05, 0) is 109 Å². The van der Waals surface area contributed by atoms with Crippen molar-refractivity contribution < 1.29 is 28.6 Å². The highest BCUT2D eigenvalue weighted by Gasteiger charge is 2.19. The summed E-state index contributed by atoms with van der Waals surface area (Å²) in [5.74, 6) is -0.950.